The number of amides is 1. The van der Waals surface area contributed by atoms with Gasteiger partial charge >= 0.3 is 0 Å². The number of nitrogens with one attached hydrogen (secondary N) is 2. The molecular formula is C20H25FN3O3S+. The molecule has 0 saturated carbocycles. The van der Waals surface area contributed by atoms with Crippen LogP contribution in [-0.4, -0.2) is 51.4 Å². The van der Waals surface area contributed by atoms with Crippen molar-refractivity contribution in [1.82, 2.24) is 4.31 Å². The summed E-state index contributed by atoms with van der Waals surface area (Å²) in [6.07, 6.45) is 0. The van der Waals surface area contributed by atoms with Gasteiger partial charge in [-0.25, -0.2) is 12.8 Å². The molecule has 3 rings (SSSR count). The van der Waals surface area contributed by atoms with Gasteiger partial charge in [-0.15, -0.1) is 0 Å². The number of halogens is 1. The van der Waals surface area contributed by atoms with Crippen LogP contribution in [-0.2, 0) is 14.8 Å². The molecule has 2 aromatic carbocycles. The Morgan fingerprint density at radius 3 is 2.39 bits per heavy atom. The number of piperazine rings is 1. The van der Waals surface area contributed by atoms with E-state index in [1.165, 1.54) is 28.6 Å². The Morgan fingerprint density at radius 2 is 1.75 bits per heavy atom. The topological polar surface area (TPSA) is 70.9 Å². The van der Waals surface area contributed by atoms with E-state index in [0.717, 1.165) is 16.0 Å². The predicted octanol–water partition coefficient (Wildman–Crippen LogP) is 0.970. The van der Waals surface area contributed by atoms with Gasteiger partial charge in [-0.3, -0.25) is 4.79 Å². The molecule has 0 radical (unpaired) electrons. The number of nitrogens with zero attached hydrogens (tertiary/aromatic N) is 1. The van der Waals surface area contributed by atoms with E-state index in [-0.39, 0.29) is 18.3 Å². The van der Waals surface area contributed by atoms with Crippen LogP contribution in [0.15, 0.2) is 47.4 Å². The largest absolute Gasteiger partial charge is 0.325 e. The molecule has 0 unspecified atom stereocenters. The van der Waals surface area contributed by atoms with E-state index >= 15 is 0 Å². The first-order valence-electron chi connectivity index (χ1n) is 9.22. The lowest BCUT2D eigenvalue weighted by Crippen LogP contribution is -3.15. The number of carbonyl (C=O) groups is 1. The maximum atomic E-state index is 13.0. The first-order valence-corrected chi connectivity index (χ1v) is 10.7. The number of aryl methyl sites for hydroxylation is 2. The fourth-order valence-corrected chi connectivity index (χ4v) is 5.06. The van der Waals surface area contributed by atoms with Crippen LogP contribution in [0.2, 0.25) is 0 Å². The third-order valence-electron chi connectivity index (χ3n) is 4.93. The number of benzene rings is 2. The Labute approximate surface area is 165 Å². The molecule has 1 aliphatic rings. The summed E-state index contributed by atoms with van der Waals surface area (Å²) in [7, 11) is -3.54. The van der Waals surface area contributed by atoms with Crippen LogP contribution in [0.4, 0.5) is 10.1 Å². The molecule has 150 valence electrons. The summed E-state index contributed by atoms with van der Waals surface area (Å²) in [6.45, 7) is 5.77. The highest BCUT2D eigenvalue weighted by atomic mass is 32.2. The fourth-order valence-electron chi connectivity index (χ4n) is 3.31. The summed E-state index contributed by atoms with van der Waals surface area (Å²) >= 11 is 0. The molecule has 1 fully saturated rings. The summed E-state index contributed by atoms with van der Waals surface area (Å²) < 4.78 is 40.4. The monoisotopic (exact) mass is 406 g/mol. The molecule has 2 aromatic rings. The number of sulfonamides is 1. The van der Waals surface area contributed by atoms with Crippen molar-refractivity contribution in [3.63, 3.8) is 0 Å². The van der Waals surface area contributed by atoms with Gasteiger partial charge in [0.25, 0.3) is 5.91 Å². The normalized spacial score (nSPS) is 16.1. The van der Waals surface area contributed by atoms with Crippen molar-refractivity contribution in [2.45, 2.75) is 18.7 Å². The van der Waals surface area contributed by atoms with Gasteiger partial charge in [0.05, 0.1) is 31.1 Å². The van der Waals surface area contributed by atoms with E-state index in [9.17, 15) is 17.6 Å². The molecule has 28 heavy (non-hydrogen) atoms. The van der Waals surface area contributed by atoms with Crippen LogP contribution in [0.5, 0.6) is 0 Å². The highest BCUT2D eigenvalue weighted by Crippen LogP contribution is 2.21. The molecule has 2 N–H and O–H groups in total. The van der Waals surface area contributed by atoms with Gasteiger partial charge in [-0.05, 0) is 55.3 Å². The van der Waals surface area contributed by atoms with Crippen LogP contribution in [0.1, 0.15) is 11.1 Å². The van der Waals surface area contributed by atoms with Crippen LogP contribution >= 0.6 is 0 Å². The summed E-state index contributed by atoms with van der Waals surface area (Å²) in [6, 6.07) is 11.0. The van der Waals surface area contributed by atoms with E-state index < -0.39 is 10.0 Å². The summed E-state index contributed by atoms with van der Waals surface area (Å²) in [5.41, 5.74) is 2.19. The maximum absolute atomic E-state index is 13.0. The third kappa shape index (κ3) is 4.76. The first-order chi connectivity index (χ1) is 13.3. The second-order valence-electron chi connectivity index (χ2n) is 7.15. The van der Waals surface area contributed by atoms with Crippen molar-refractivity contribution in [3.8, 4) is 0 Å². The fraction of sp³-hybridized carbons (Fsp3) is 0.350. The second-order valence-corrected chi connectivity index (χ2v) is 9.06. The molecule has 1 heterocycles. The minimum absolute atomic E-state index is 0.174. The first kappa shape index (κ1) is 20.4. The van der Waals surface area contributed by atoms with Gasteiger partial charge in [0, 0.05) is 5.69 Å². The molecule has 0 spiro atoms. The molecule has 0 aliphatic carbocycles. The Hall–Kier alpha value is -2.29. The number of rotatable bonds is 5. The number of quaternary nitrogens is 1. The molecule has 1 amide bonds. The Balaban J connectivity index is 1.57. The minimum atomic E-state index is -3.54. The molecule has 1 aliphatic heterocycles. The predicted molar refractivity (Wildman–Crippen MR) is 105 cm³/mol. The van der Waals surface area contributed by atoms with Crippen molar-refractivity contribution < 1.29 is 22.5 Å². The molecule has 0 atom stereocenters. The molecule has 1 saturated heterocycles. The zero-order valence-electron chi connectivity index (χ0n) is 16.0. The van der Waals surface area contributed by atoms with Crippen molar-refractivity contribution in [2.24, 2.45) is 0 Å². The van der Waals surface area contributed by atoms with Crippen molar-refractivity contribution in [3.05, 3.63) is 59.4 Å². The molecule has 6 nitrogen and oxygen atoms in total. The Kier molecular flexibility index (Phi) is 6.12. The molecule has 0 aromatic heterocycles. The van der Waals surface area contributed by atoms with Gasteiger partial charge in [0.15, 0.2) is 6.54 Å². The second kappa shape index (κ2) is 8.38. The molecule has 0 bridgehead atoms. The van der Waals surface area contributed by atoms with Crippen molar-refractivity contribution >= 4 is 21.6 Å². The summed E-state index contributed by atoms with van der Waals surface area (Å²) in [4.78, 5) is 13.6. The lowest BCUT2D eigenvalue weighted by atomic mass is 10.2. The van der Waals surface area contributed by atoms with E-state index in [1.807, 2.05) is 19.1 Å². The van der Waals surface area contributed by atoms with Crippen LogP contribution < -0.4 is 10.2 Å². The highest BCUT2D eigenvalue weighted by molar-refractivity contribution is 7.89. The van der Waals surface area contributed by atoms with E-state index in [0.29, 0.717) is 36.8 Å². The minimum Gasteiger partial charge on any atom is -0.325 e. The average Bonchev–Trinajstić information content (AvgIpc) is 2.66. The zero-order valence-corrected chi connectivity index (χ0v) is 16.9. The Morgan fingerprint density at radius 1 is 1.11 bits per heavy atom. The lowest BCUT2D eigenvalue weighted by molar-refractivity contribution is -0.895. The maximum Gasteiger partial charge on any atom is 0.279 e. The van der Waals surface area contributed by atoms with Gasteiger partial charge < -0.3 is 10.2 Å². The van der Waals surface area contributed by atoms with Gasteiger partial charge in [-0.2, -0.15) is 4.31 Å². The summed E-state index contributed by atoms with van der Waals surface area (Å²) in [5.74, 6) is -0.530. The van der Waals surface area contributed by atoms with E-state index in [1.54, 1.807) is 13.0 Å². The number of hydrogen-bond donors (Lipinski definition) is 2. The zero-order chi connectivity index (χ0) is 20.3. The van der Waals surface area contributed by atoms with Gasteiger partial charge in [0.2, 0.25) is 10.0 Å². The van der Waals surface area contributed by atoms with Crippen LogP contribution in [0, 0.1) is 19.7 Å². The standard InChI is InChI=1S/C20H24FN3O3S/c1-15-3-4-16(2)19(13-15)28(26,27)24-11-9-23(10-12-24)14-20(25)22-18-7-5-17(21)6-8-18/h3-8,13H,9-12,14H2,1-2H3,(H,22,25)/p+1. The third-order valence-corrected chi connectivity index (χ3v) is 6.97. The number of anilines is 1. The van der Waals surface area contributed by atoms with Crippen molar-refractivity contribution in [1.29, 1.82) is 0 Å². The van der Waals surface area contributed by atoms with Crippen molar-refractivity contribution in [2.75, 3.05) is 38.0 Å². The highest BCUT2D eigenvalue weighted by Gasteiger charge is 2.32. The Bertz CT molecular complexity index is 953. The van der Waals surface area contributed by atoms with Gasteiger partial charge in [-0.1, -0.05) is 12.1 Å². The van der Waals surface area contributed by atoms with Gasteiger partial charge in [0.1, 0.15) is 5.82 Å². The number of hydrogen-bond acceptors (Lipinski definition) is 3. The molecular weight excluding hydrogens is 381 g/mol. The summed E-state index contributed by atoms with van der Waals surface area (Å²) in [5, 5.41) is 2.74. The van der Waals surface area contributed by atoms with E-state index in [2.05, 4.69) is 5.32 Å². The van der Waals surface area contributed by atoms with Crippen LogP contribution in [0.3, 0.4) is 0 Å². The SMILES string of the molecule is Cc1ccc(C)c(S(=O)(=O)N2CC[NH+](CC(=O)Nc3ccc(F)cc3)CC2)c1. The average molecular weight is 407 g/mol. The molecule has 8 heteroatoms. The van der Waals surface area contributed by atoms with Crippen LogP contribution in [0.25, 0.3) is 0 Å². The smallest absolute Gasteiger partial charge is 0.279 e. The lowest BCUT2D eigenvalue weighted by Gasteiger charge is -2.31. The number of carbonyl (C=O) groups excluding carboxylic acids is 1. The quantitative estimate of drug-likeness (QED) is 0.778. The van der Waals surface area contributed by atoms with E-state index in [4.69, 9.17) is 0 Å².